The summed E-state index contributed by atoms with van der Waals surface area (Å²) in [5.74, 6) is 0.779. The van der Waals surface area contributed by atoms with Gasteiger partial charge in [-0.05, 0) is 36.5 Å². The SMILES string of the molecule is CC1(C)CCCCC1NCC(O)COc1cccc(Br)c1. The second-order valence-electron chi connectivity index (χ2n) is 6.62. The molecule has 1 aliphatic carbocycles. The first-order chi connectivity index (χ1) is 9.97. The van der Waals surface area contributed by atoms with Crippen LogP contribution < -0.4 is 10.1 Å². The smallest absolute Gasteiger partial charge is 0.120 e. The van der Waals surface area contributed by atoms with Gasteiger partial charge in [-0.2, -0.15) is 0 Å². The number of halogens is 1. The van der Waals surface area contributed by atoms with Gasteiger partial charge in [0.1, 0.15) is 18.5 Å². The van der Waals surface area contributed by atoms with E-state index in [9.17, 15) is 5.11 Å². The van der Waals surface area contributed by atoms with Crippen LogP contribution in [0.5, 0.6) is 5.75 Å². The minimum atomic E-state index is -0.485. The fraction of sp³-hybridized carbons (Fsp3) is 0.647. The molecule has 118 valence electrons. The summed E-state index contributed by atoms with van der Waals surface area (Å²) in [6.45, 7) is 5.53. The van der Waals surface area contributed by atoms with Gasteiger partial charge in [-0.1, -0.05) is 48.7 Å². The van der Waals surface area contributed by atoms with Crippen molar-refractivity contribution in [3.63, 3.8) is 0 Å². The molecule has 0 aromatic heterocycles. The largest absolute Gasteiger partial charge is 0.491 e. The quantitative estimate of drug-likeness (QED) is 0.816. The molecule has 2 N–H and O–H groups in total. The maximum Gasteiger partial charge on any atom is 0.120 e. The normalized spacial score (nSPS) is 22.8. The molecule has 0 bridgehead atoms. The Hall–Kier alpha value is -0.580. The summed E-state index contributed by atoms with van der Waals surface area (Å²) in [6.07, 6.45) is 4.58. The molecule has 0 aliphatic heterocycles. The van der Waals surface area contributed by atoms with Crippen LogP contribution in [0.1, 0.15) is 39.5 Å². The third kappa shape index (κ3) is 5.28. The molecular formula is C17H26BrNO2. The van der Waals surface area contributed by atoms with Crippen molar-refractivity contribution in [2.24, 2.45) is 5.41 Å². The molecule has 1 aromatic carbocycles. The lowest BCUT2D eigenvalue weighted by atomic mass is 9.73. The molecule has 2 atom stereocenters. The lowest BCUT2D eigenvalue weighted by Gasteiger charge is -2.39. The molecule has 0 spiro atoms. The molecular weight excluding hydrogens is 330 g/mol. The van der Waals surface area contributed by atoms with Crippen LogP contribution in [-0.2, 0) is 0 Å². The van der Waals surface area contributed by atoms with Gasteiger partial charge in [0.15, 0.2) is 0 Å². The summed E-state index contributed by atoms with van der Waals surface area (Å²) in [5.41, 5.74) is 0.323. The average Bonchev–Trinajstić information content (AvgIpc) is 2.43. The molecule has 1 saturated carbocycles. The lowest BCUT2D eigenvalue weighted by Crippen LogP contribution is -2.47. The molecule has 1 aliphatic rings. The number of rotatable bonds is 6. The van der Waals surface area contributed by atoms with Gasteiger partial charge >= 0.3 is 0 Å². The maximum absolute atomic E-state index is 10.1. The Bertz CT molecular complexity index is 450. The van der Waals surface area contributed by atoms with Gasteiger partial charge in [0.05, 0.1) is 0 Å². The van der Waals surface area contributed by atoms with Gasteiger partial charge in [-0.15, -0.1) is 0 Å². The van der Waals surface area contributed by atoms with Crippen LogP contribution in [0.15, 0.2) is 28.7 Å². The molecule has 0 saturated heterocycles. The predicted molar refractivity (Wildman–Crippen MR) is 89.7 cm³/mol. The number of hydrogen-bond acceptors (Lipinski definition) is 3. The van der Waals surface area contributed by atoms with Crippen LogP contribution in [0.2, 0.25) is 0 Å². The van der Waals surface area contributed by atoms with E-state index in [-0.39, 0.29) is 0 Å². The number of aliphatic hydroxyl groups excluding tert-OH is 1. The third-order valence-corrected chi connectivity index (χ3v) is 4.84. The van der Waals surface area contributed by atoms with Crippen molar-refractivity contribution in [2.45, 2.75) is 51.7 Å². The summed E-state index contributed by atoms with van der Waals surface area (Å²) >= 11 is 3.41. The lowest BCUT2D eigenvalue weighted by molar-refractivity contribution is 0.0878. The Morgan fingerprint density at radius 3 is 2.95 bits per heavy atom. The standard InChI is InChI=1S/C17H26BrNO2/c1-17(2)9-4-3-8-16(17)19-11-14(20)12-21-15-7-5-6-13(18)10-15/h5-7,10,14,16,19-20H,3-4,8-9,11-12H2,1-2H3. The highest BCUT2D eigenvalue weighted by molar-refractivity contribution is 9.10. The van der Waals surface area contributed by atoms with E-state index in [0.717, 1.165) is 10.2 Å². The first-order valence-electron chi connectivity index (χ1n) is 7.77. The zero-order valence-corrected chi connectivity index (χ0v) is 14.5. The summed E-state index contributed by atoms with van der Waals surface area (Å²) in [5, 5.41) is 13.6. The molecule has 0 heterocycles. The van der Waals surface area contributed by atoms with Crippen LogP contribution in [0.25, 0.3) is 0 Å². The van der Waals surface area contributed by atoms with E-state index in [1.807, 2.05) is 24.3 Å². The Morgan fingerprint density at radius 2 is 2.24 bits per heavy atom. The first-order valence-corrected chi connectivity index (χ1v) is 8.56. The number of aliphatic hydroxyl groups is 1. The van der Waals surface area contributed by atoms with Gasteiger partial charge in [0, 0.05) is 17.1 Å². The molecule has 21 heavy (non-hydrogen) atoms. The molecule has 1 fully saturated rings. The molecule has 1 aromatic rings. The third-order valence-electron chi connectivity index (χ3n) is 4.35. The van der Waals surface area contributed by atoms with Crippen LogP contribution in [0.3, 0.4) is 0 Å². The second kappa shape index (κ2) is 7.61. The van der Waals surface area contributed by atoms with Crippen molar-refractivity contribution in [2.75, 3.05) is 13.2 Å². The van der Waals surface area contributed by atoms with E-state index in [1.54, 1.807) is 0 Å². The topological polar surface area (TPSA) is 41.5 Å². The minimum absolute atomic E-state index is 0.316. The minimum Gasteiger partial charge on any atom is -0.491 e. The van der Waals surface area contributed by atoms with Crippen molar-refractivity contribution in [3.05, 3.63) is 28.7 Å². The summed E-state index contributed by atoms with van der Waals surface area (Å²) in [4.78, 5) is 0. The highest BCUT2D eigenvalue weighted by atomic mass is 79.9. The van der Waals surface area contributed by atoms with Crippen LogP contribution >= 0.6 is 15.9 Å². The van der Waals surface area contributed by atoms with E-state index < -0.39 is 6.10 Å². The fourth-order valence-electron chi connectivity index (χ4n) is 2.96. The number of ether oxygens (including phenoxy) is 1. The number of benzene rings is 1. The number of nitrogens with one attached hydrogen (secondary N) is 1. The Labute approximate surface area is 136 Å². The van der Waals surface area contributed by atoms with E-state index >= 15 is 0 Å². The van der Waals surface area contributed by atoms with Crippen LogP contribution in [0.4, 0.5) is 0 Å². The van der Waals surface area contributed by atoms with E-state index in [4.69, 9.17) is 4.74 Å². The van der Waals surface area contributed by atoms with Gasteiger partial charge < -0.3 is 15.2 Å². The predicted octanol–water partition coefficient (Wildman–Crippen LogP) is 3.75. The average molecular weight is 356 g/mol. The maximum atomic E-state index is 10.1. The van der Waals surface area contributed by atoms with Gasteiger partial charge in [-0.25, -0.2) is 0 Å². The van der Waals surface area contributed by atoms with Crippen molar-refractivity contribution < 1.29 is 9.84 Å². The fourth-order valence-corrected chi connectivity index (χ4v) is 3.34. The molecule has 3 nitrogen and oxygen atoms in total. The van der Waals surface area contributed by atoms with Crippen LogP contribution in [-0.4, -0.2) is 30.4 Å². The first kappa shape index (κ1) is 16.8. The Balaban J connectivity index is 1.73. The monoisotopic (exact) mass is 355 g/mol. The molecule has 2 unspecified atom stereocenters. The van der Waals surface area contributed by atoms with E-state index in [1.165, 1.54) is 25.7 Å². The zero-order valence-electron chi connectivity index (χ0n) is 12.9. The Morgan fingerprint density at radius 1 is 1.43 bits per heavy atom. The van der Waals surface area contributed by atoms with Crippen LogP contribution in [0, 0.1) is 5.41 Å². The number of hydrogen-bond donors (Lipinski definition) is 2. The summed E-state index contributed by atoms with van der Waals surface area (Å²) in [6, 6.07) is 8.18. The molecule has 0 amide bonds. The van der Waals surface area contributed by atoms with Gasteiger partial charge in [0.2, 0.25) is 0 Å². The molecule has 2 rings (SSSR count). The van der Waals surface area contributed by atoms with Crippen molar-refractivity contribution in [1.29, 1.82) is 0 Å². The van der Waals surface area contributed by atoms with Crippen molar-refractivity contribution >= 4 is 15.9 Å². The van der Waals surface area contributed by atoms with E-state index in [0.29, 0.717) is 24.6 Å². The van der Waals surface area contributed by atoms with Crippen molar-refractivity contribution in [1.82, 2.24) is 5.32 Å². The highest BCUT2D eigenvalue weighted by Gasteiger charge is 2.31. The summed E-state index contributed by atoms with van der Waals surface area (Å²) in [7, 11) is 0. The zero-order chi connectivity index (χ0) is 15.3. The van der Waals surface area contributed by atoms with Gasteiger partial charge in [0.25, 0.3) is 0 Å². The van der Waals surface area contributed by atoms with Gasteiger partial charge in [-0.3, -0.25) is 0 Å². The second-order valence-corrected chi connectivity index (χ2v) is 7.53. The summed E-state index contributed by atoms with van der Waals surface area (Å²) < 4.78 is 6.60. The van der Waals surface area contributed by atoms with Crippen molar-refractivity contribution in [3.8, 4) is 5.75 Å². The Kier molecular flexibility index (Phi) is 6.08. The highest BCUT2D eigenvalue weighted by Crippen LogP contribution is 2.35. The molecule has 0 radical (unpaired) electrons. The molecule has 4 heteroatoms. The van der Waals surface area contributed by atoms with E-state index in [2.05, 4.69) is 35.1 Å².